The van der Waals surface area contributed by atoms with E-state index in [1.165, 1.54) is 11.3 Å². The van der Waals surface area contributed by atoms with Gasteiger partial charge in [-0.25, -0.2) is 0 Å². The predicted molar refractivity (Wildman–Crippen MR) is 78.4 cm³/mol. The molecule has 6 heteroatoms. The van der Waals surface area contributed by atoms with Crippen LogP contribution in [-0.4, -0.2) is 30.8 Å². The minimum Gasteiger partial charge on any atom is -0.456 e. The molecule has 0 bridgehead atoms. The van der Waals surface area contributed by atoms with Gasteiger partial charge >= 0.3 is 5.97 Å². The molecule has 1 aromatic heterocycles. The number of esters is 1. The number of nitrogens with one attached hydrogen (secondary N) is 1. The maximum absolute atomic E-state index is 11.7. The van der Waals surface area contributed by atoms with Crippen molar-refractivity contribution < 1.29 is 19.1 Å². The maximum atomic E-state index is 11.7. The molecule has 5 nitrogen and oxygen atoms in total. The third-order valence-electron chi connectivity index (χ3n) is 2.59. The number of carbonyl (C=O) groups is 3. The zero-order chi connectivity index (χ0) is 15.1. The van der Waals surface area contributed by atoms with Crippen LogP contribution in [0.2, 0.25) is 0 Å². The molecular formula is C15H13NO4S. The van der Waals surface area contributed by atoms with Gasteiger partial charge in [0, 0.05) is 5.56 Å². The number of amides is 1. The minimum atomic E-state index is -0.649. The van der Waals surface area contributed by atoms with Crippen LogP contribution in [0.25, 0.3) is 0 Å². The Morgan fingerprint density at radius 2 is 1.81 bits per heavy atom. The highest BCUT2D eigenvalue weighted by atomic mass is 32.1. The fourth-order valence-electron chi connectivity index (χ4n) is 1.55. The topological polar surface area (TPSA) is 72.5 Å². The molecule has 0 aliphatic heterocycles. The maximum Gasteiger partial charge on any atom is 0.325 e. The van der Waals surface area contributed by atoms with E-state index < -0.39 is 5.97 Å². The lowest BCUT2D eigenvalue weighted by Gasteiger charge is -2.05. The number of hydrogen-bond donors (Lipinski definition) is 1. The lowest BCUT2D eigenvalue weighted by Crippen LogP contribution is -2.31. The Labute approximate surface area is 125 Å². The standard InChI is InChI=1S/C15H13NO4S/c17-12(13-7-4-8-21-13)10-20-14(18)9-16-15(19)11-5-2-1-3-6-11/h1-8H,9-10H2,(H,16,19). The highest BCUT2D eigenvalue weighted by molar-refractivity contribution is 7.12. The van der Waals surface area contributed by atoms with Gasteiger partial charge in [-0.1, -0.05) is 24.3 Å². The number of thiophene rings is 1. The van der Waals surface area contributed by atoms with E-state index in [9.17, 15) is 14.4 Å². The van der Waals surface area contributed by atoms with Gasteiger partial charge in [0.2, 0.25) is 5.78 Å². The normalized spacial score (nSPS) is 9.90. The van der Waals surface area contributed by atoms with Crippen LogP contribution in [-0.2, 0) is 9.53 Å². The summed E-state index contributed by atoms with van der Waals surface area (Å²) in [5.41, 5.74) is 0.458. The highest BCUT2D eigenvalue weighted by Crippen LogP contribution is 2.09. The van der Waals surface area contributed by atoms with Crippen LogP contribution in [0, 0.1) is 0 Å². The van der Waals surface area contributed by atoms with Crippen LogP contribution in [0.5, 0.6) is 0 Å². The van der Waals surface area contributed by atoms with Gasteiger partial charge in [-0.3, -0.25) is 14.4 Å². The third-order valence-corrected chi connectivity index (χ3v) is 3.50. The number of rotatable bonds is 6. The zero-order valence-electron chi connectivity index (χ0n) is 11.1. The Hall–Kier alpha value is -2.47. The monoisotopic (exact) mass is 303 g/mol. The molecule has 0 aliphatic rings. The Balaban J connectivity index is 1.73. The third kappa shape index (κ3) is 4.54. The van der Waals surface area contributed by atoms with E-state index in [1.54, 1.807) is 47.8 Å². The second-order valence-corrected chi connectivity index (χ2v) is 5.06. The molecule has 1 aromatic carbocycles. The summed E-state index contributed by atoms with van der Waals surface area (Å²) < 4.78 is 4.82. The second kappa shape index (κ2) is 7.35. The van der Waals surface area contributed by atoms with Crippen molar-refractivity contribution in [2.24, 2.45) is 0 Å². The first kappa shape index (κ1) is 14.9. The van der Waals surface area contributed by atoms with Crippen molar-refractivity contribution in [1.29, 1.82) is 0 Å². The molecule has 1 amide bonds. The molecule has 0 fully saturated rings. The first-order chi connectivity index (χ1) is 10.2. The van der Waals surface area contributed by atoms with Crippen LogP contribution in [0.3, 0.4) is 0 Å². The smallest absolute Gasteiger partial charge is 0.325 e. The Kier molecular flexibility index (Phi) is 5.22. The van der Waals surface area contributed by atoms with Crippen LogP contribution < -0.4 is 5.32 Å². The quantitative estimate of drug-likeness (QED) is 0.653. The minimum absolute atomic E-state index is 0.257. The van der Waals surface area contributed by atoms with E-state index in [0.29, 0.717) is 10.4 Å². The number of carbonyl (C=O) groups excluding carboxylic acids is 3. The Morgan fingerprint density at radius 1 is 1.05 bits per heavy atom. The van der Waals surface area contributed by atoms with E-state index in [0.717, 1.165) is 0 Å². The predicted octanol–water partition coefficient (Wildman–Crippen LogP) is 1.90. The molecular weight excluding hydrogens is 290 g/mol. The number of benzene rings is 1. The SMILES string of the molecule is O=C(CNC(=O)c1ccccc1)OCC(=O)c1cccs1. The van der Waals surface area contributed by atoms with Crippen molar-refractivity contribution >= 4 is 29.0 Å². The highest BCUT2D eigenvalue weighted by Gasteiger charge is 2.12. The molecule has 0 radical (unpaired) electrons. The molecule has 0 aliphatic carbocycles. The summed E-state index contributed by atoms with van der Waals surface area (Å²) in [6, 6.07) is 11.9. The van der Waals surface area contributed by atoms with Crippen molar-refractivity contribution in [2.45, 2.75) is 0 Å². The molecule has 1 heterocycles. The molecule has 0 spiro atoms. The fraction of sp³-hybridized carbons (Fsp3) is 0.133. The average molecular weight is 303 g/mol. The molecule has 21 heavy (non-hydrogen) atoms. The van der Waals surface area contributed by atoms with Crippen LogP contribution in [0.1, 0.15) is 20.0 Å². The Bertz CT molecular complexity index is 622. The van der Waals surface area contributed by atoms with E-state index in [2.05, 4.69) is 5.32 Å². The van der Waals surface area contributed by atoms with Gasteiger partial charge in [0.15, 0.2) is 6.61 Å². The van der Waals surface area contributed by atoms with Gasteiger partial charge in [-0.05, 0) is 23.6 Å². The van der Waals surface area contributed by atoms with Gasteiger partial charge in [-0.2, -0.15) is 0 Å². The van der Waals surface area contributed by atoms with Gasteiger partial charge in [-0.15, -0.1) is 11.3 Å². The second-order valence-electron chi connectivity index (χ2n) is 4.11. The van der Waals surface area contributed by atoms with Crippen molar-refractivity contribution in [3.05, 3.63) is 58.3 Å². The average Bonchev–Trinajstić information content (AvgIpc) is 3.05. The molecule has 0 atom stereocenters. The van der Waals surface area contributed by atoms with E-state index in [-0.39, 0.29) is 24.8 Å². The van der Waals surface area contributed by atoms with Crippen LogP contribution in [0.15, 0.2) is 47.8 Å². The summed E-state index contributed by atoms with van der Waals surface area (Å²) in [5, 5.41) is 4.21. The summed E-state index contributed by atoms with van der Waals surface area (Å²) in [6.07, 6.45) is 0. The summed E-state index contributed by atoms with van der Waals surface area (Å²) in [5.74, 6) is -1.27. The molecule has 0 saturated carbocycles. The molecule has 2 aromatic rings. The number of ether oxygens (including phenoxy) is 1. The van der Waals surface area contributed by atoms with Crippen molar-refractivity contribution in [2.75, 3.05) is 13.2 Å². The molecule has 0 saturated heterocycles. The lowest BCUT2D eigenvalue weighted by atomic mass is 10.2. The molecule has 108 valence electrons. The Morgan fingerprint density at radius 3 is 2.48 bits per heavy atom. The van der Waals surface area contributed by atoms with Gasteiger partial charge in [0.25, 0.3) is 5.91 Å². The van der Waals surface area contributed by atoms with Crippen molar-refractivity contribution in [3.63, 3.8) is 0 Å². The van der Waals surface area contributed by atoms with E-state index in [1.807, 2.05) is 0 Å². The van der Waals surface area contributed by atoms with Crippen LogP contribution >= 0.6 is 11.3 Å². The van der Waals surface area contributed by atoms with Gasteiger partial charge < -0.3 is 10.1 Å². The largest absolute Gasteiger partial charge is 0.456 e. The summed E-state index contributed by atoms with van der Waals surface area (Å²) in [6.45, 7) is -0.591. The van der Waals surface area contributed by atoms with Gasteiger partial charge in [0.05, 0.1) is 4.88 Å². The fourth-order valence-corrected chi connectivity index (χ4v) is 2.20. The number of hydrogen-bond acceptors (Lipinski definition) is 5. The van der Waals surface area contributed by atoms with Crippen LogP contribution in [0.4, 0.5) is 0 Å². The van der Waals surface area contributed by atoms with Gasteiger partial charge in [0.1, 0.15) is 6.54 Å². The van der Waals surface area contributed by atoms with Crippen molar-refractivity contribution in [1.82, 2.24) is 5.32 Å². The molecule has 1 N–H and O–H groups in total. The summed E-state index contributed by atoms with van der Waals surface area (Å²) in [4.78, 5) is 35.3. The van der Waals surface area contributed by atoms with E-state index in [4.69, 9.17) is 4.74 Å². The summed E-state index contributed by atoms with van der Waals surface area (Å²) in [7, 11) is 0. The van der Waals surface area contributed by atoms with Crippen molar-refractivity contribution in [3.8, 4) is 0 Å². The first-order valence-corrected chi connectivity index (χ1v) is 7.10. The molecule has 2 rings (SSSR count). The van der Waals surface area contributed by atoms with E-state index >= 15 is 0 Å². The number of ketones is 1. The first-order valence-electron chi connectivity index (χ1n) is 6.22. The molecule has 0 unspecified atom stereocenters. The zero-order valence-corrected chi connectivity index (χ0v) is 11.9. The summed E-state index contributed by atoms with van der Waals surface area (Å²) >= 11 is 1.29. The number of Topliss-reactive ketones (excluding diaryl/α,β-unsaturated/α-hetero) is 1. The lowest BCUT2D eigenvalue weighted by molar-refractivity contribution is -0.141.